The SMILES string of the molecule is Fc1ccc(C(F)(F)F)cc1OCOc1cc(C(F)(F)F)ccc1F. The van der Waals surface area contributed by atoms with E-state index in [4.69, 9.17) is 0 Å². The van der Waals surface area contributed by atoms with Gasteiger partial charge in [-0.3, -0.25) is 0 Å². The molecule has 0 aliphatic heterocycles. The van der Waals surface area contributed by atoms with Crippen molar-refractivity contribution in [2.45, 2.75) is 12.4 Å². The molecule has 0 aliphatic carbocycles. The van der Waals surface area contributed by atoms with E-state index < -0.39 is 53.4 Å². The van der Waals surface area contributed by atoms with Gasteiger partial charge in [0.15, 0.2) is 23.1 Å². The molecule has 0 amide bonds. The molecule has 2 rings (SSSR count). The van der Waals surface area contributed by atoms with Crippen LogP contribution in [0.3, 0.4) is 0 Å². The van der Waals surface area contributed by atoms with Crippen LogP contribution in [0.2, 0.25) is 0 Å². The van der Waals surface area contributed by atoms with E-state index >= 15 is 0 Å². The van der Waals surface area contributed by atoms with Crippen LogP contribution in [0.15, 0.2) is 36.4 Å². The summed E-state index contributed by atoms with van der Waals surface area (Å²) in [4.78, 5) is 0. The second-order valence-corrected chi connectivity index (χ2v) is 4.69. The molecule has 0 bridgehead atoms. The van der Waals surface area contributed by atoms with Crippen molar-refractivity contribution in [2.24, 2.45) is 0 Å². The minimum absolute atomic E-state index is 0.348. The lowest BCUT2D eigenvalue weighted by Gasteiger charge is -2.13. The highest BCUT2D eigenvalue weighted by atomic mass is 19.4. The summed E-state index contributed by atoms with van der Waals surface area (Å²) in [5.41, 5.74) is -2.40. The molecular weight excluding hydrogens is 364 g/mol. The average molecular weight is 372 g/mol. The Morgan fingerprint density at radius 3 is 1.32 bits per heavy atom. The molecule has 0 spiro atoms. The number of alkyl halides is 6. The van der Waals surface area contributed by atoms with Crippen molar-refractivity contribution in [1.82, 2.24) is 0 Å². The quantitative estimate of drug-likeness (QED) is 0.527. The molecule has 0 radical (unpaired) electrons. The summed E-state index contributed by atoms with van der Waals surface area (Å²) in [6.45, 7) is -1.00. The molecule has 2 aromatic carbocycles. The van der Waals surface area contributed by atoms with Gasteiger partial charge in [-0.15, -0.1) is 0 Å². The predicted molar refractivity (Wildman–Crippen MR) is 68.9 cm³/mol. The summed E-state index contributed by atoms with van der Waals surface area (Å²) in [5, 5.41) is 0. The number of benzene rings is 2. The van der Waals surface area contributed by atoms with Crippen LogP contribution in [0.25, 0.3) is 0 Å². The zero-order valence-corrected chi connectivity index (χ0v) is 12.0. The van der Waals surface area contributed by atoms with Gasteiger partial charge in [-0.05, 0) is 36.4 Å². The lowest BCUT2D eigenvalue weighted by atomic mass is 10.2. The van der Waals surface area contributed by atoms with Gasteiger partial charge in [0.2, 0.25) is 6.79 Å². The first-order valence-electron chi connectivity index (χ1n) is 6.47. The molecule has 0 N–H and O–H groups in total. The lowest BCUT2D eigenvalue weighted by Crippen LogP contribution is -2.11. The summed E-state index contributed by atoms with van der Waals surface area (Å²) in [7, 11) is 0. The normalized spacial score (nSPS) is 12.2. The van der Waals surface area contributed by atoms with Crippen LogP contribution >= 0.6 is 0 Å². The maximum absolute atomic E-state index is 13.4. The molecule has 0 aliphatic rings. The molecule has 0 heterocycles. The van der Waals surface area contributed by atoms with E-state index in [1.807, 2.05) is 0 Å². The van der Waals surface area contributed by atoms with Crippen LogP contribution in [0, 0.1) is 11.6 Å². The number of rotatable bonds is 4. The average Bonchev–Trinajstić information content (AvgIpc) is 2.48. The smallest absolute Gasteiger partial charge is 0.416 e. The highest BCUT2D eigenvalue weighted by molar-refractivity contribution is 5.33. The van der Waals surface area contributed by atoms with E-state index in [9.17, 15) is 35.1 Å². The third-order valence-corrected chi connectivity index (χ3v) is 2.95. The topological polar surface area (TPSA) is 18.5 Å². The predicted octanol–water partition coefficient (Wildman–Crippen LogP) is 5.42. The Hall–Kier alpha value is -2.52. The summed E-state index contributed by atoms with van der Waals surface area (Å²) in [5.74, 6) is -3.99. The highest BCUT2D eigenvalue weighted by Gasteiger charge is 2.32. The Kier molecular flexibility index (Phi) is 5.09. The van der Waals surface area contributed by atoms with E-state index in [2.05, 4.69) is 9.47 Å². The van der Waals surface area contributed by atoms with Crippen LogP contribution in [-0.4, -0.2) is 6.79 Å². The van der Waals surface area contributed by atoms with E-state index in [0.717, 1.165) is 0 Å². The standard InChI is InChI=1S/C15H8F8O2/c16-10-3-1-8(14(18,19)20)5-12(10)24-7-25-13-6-9(15(21,22)23)2-4-11(13)17/h1-6H,7H2. The Morgan fingerprint density at radius 2 is 1.00 bits per heavy atom. The van der Waals surface area contributed by atoms with Gasteiger partial charge in [-0.25, -0.2) is 8.78 Å². The zero-order valence-electron chi connectivity index (χ0n) is 12.0. The molecule has 0 atom stereocenters. The molecule has 0 fully saturated rings. The third kappa shape index (κ3) is 4.74. The Balaban J connectivity index is 2.11. The number of hydrogen-bond donors (Lipinski definition) is 0. The summed E-state index contributed by atoms with van der Waals surface area (Å²) < 4.78 is 111. The largest absolute Gasteiger partial charge is 0.454 e. The molecular formula is C15H8F8O2. The van der Waals surface area contributed by atoms with Gasteiger partial charge in [-0.1, -0.05) is 0 Å². The highest BCUT2D eigenvalue weighted by Crippen LogP contribution is 2.34. The van der Waals surface area contributed by atoms with Gasteiger partial charge in [0.1, 0.15) is 0 Å². The van der Waals surface area contributed by atoms with Gasteiger partial charge >= 0.3 is 12.4 Å². The Morgan fingerprint density at radius 1 is 0.640 bits per heavy atom. The molecule has 0 unspecified atom stereocenters. The Labute approximate surface area is 135 Å². The van der Waals surface area contributed by atoms with Crippen molar-refractivity contribution in [3.63, 3.8) is 0 Å². The maximum atomic E-state index is 13.4. The van der Waals surface area contributed by atoms with Gasteiger partial charge in [0.25, 0.3) is 0 Å². The minimum atomic E-state index is -4.75. The summed E-state index contributed by atoms with van der Waals surface area (Å²) >= 11 is 0. The number of ether oxygens (including phenoxy) is 2. The summed E-state index contributed by atoms with van der Waals surface area (Å²) in [6.07, 6.45) is -9.50. The van der Waals surface area contributed by atoms with Gasteiger partial charge in [0, 0.05) is 0 Å². The van der Waals surface area contributed by atoms with E-state index in [0.29, 0.717) is 36.4 Å². The van der Waals surface area contributed by atoms with Crippen molar-refractivity contribution in [3.05, 3.63) is 59.2 Å². The van der Waals surface area contributed by atoms with Crippen LogP contribution < -0.4 is 9.47 Å². The second kappa shape index (κ2) is 6.77. The monoisotopic (exact) mass is 372 g/mol. The van der Waals surface area contributed by atoms with E-state index in [1.54, 1.807) is 0 Å². The first kappa shape index (κ1) is 18.8. The second-order valence-electron chi connectivity index (χ2n) is 4.69. The third-order valence-electron chi connectivity index (χ3n) is 2.95. The lowest BCUT2D eigenvalue weighted by molar-refractivity contribution is -0.138. The van der Waals surface area contributed by atoms with Crippen molar-refractivity contribution in [1.29, 1.82) is 0 Å². The number of halogens is 8. The molecule has 0 aromatic heterocycles. The molecule has 0 saturated heterocycles. The van der Waals surface area contributed by atoms with Crippen LogP contribution in [0.4, 0.5) is 35.1 Å². The van der Waals surface area contributed by atoms with Crippen molar-refractivity contribution < 1.29 is 44.6 Å². The molecule has 136 valence electrons. The fraction of sp³-hybridized carbons (Fsp3) is 0.200. The van der Waals surface area contributed by atoms with Gasteiger partial charge in [-0.2, -0.15) is 26.3 Å². The first-order chi connectivity index (χ1) is 11.5. The van der Waals surface area contributed by atoms with Crippen LogP contribution in [0.5, 0.6) is 11.5 Å². The summed E-state index contributed by atoms with van der Waals surface area (Å²) in [6, 6.07) is 2.67. The maximum Gasteiger partial charge on any atom is 0.416 e. The zero-order chi connectivity index (χ0) is 18.8. The number of hydrogen-bond acceptors (Lipinski definition) is 2. The van der Waals surface area contributed by atoms with E-state index in [-0.39, 0.29) is 0 Å². The van der Waals surface area contributed by atoms with Gasteiger partial charge < -0.3 is 9.47 Å². The molecule has 0 saturated carbocycles. The Bertz CT molecular complexity index is 689. The molecule has 10 heteroatoms. The van der Waals surface area contributed by atoms with Gasteiger partial charge in [0.05, 0.1) is 11.1 Å². The molecule has 25 heavy (non-hydrogen) atoms. The first-order valence-corrected chi connectivity index (χ1v) is 6.47. The minimum Gasteiger partial charge on any atom is -0.454 e. The molecule has 2 nitrogen and oxygen atoms in total. The van der Waals surface area contributed by atoms with Crippen molar-refractivity contribution in [3.8, 4) is 11.5 Å². The fourth-order valence-electron chi connectivity index (χ4n) is 1.74. The van der Waals surface area contributed by atoms with Crippen molar-refractivity contribution in [2.75, 3.05) is 6.79 Å². The van der Waals surface area contributed by atoms with Crippen LogP contribution in [-0.2, 0) is 12.4 Å². The van der Waals surface area contributed by atoms with E-state index in [1.165, 1.54) is 0 Å². The molecule has 2 aromatic rings. The van der Waals surface area contributed by atoms with Crippen molar-refractivity contribution >= 4 is 0 Å². The van der Waals surface area contributed by atoms with Crippen LogP contribution in [0.1, 0.15) is 11.1 Å². The fourth-order valence-corrected chi connectivity index (χ4v) is 1.74.